The van der Waals surface area contributed by atoms with E-state index < -0.39 is 0 Å². The Bertz CT molecular complexity index is 1260. The van der Waals surface area contributed by atoms with Crippen LogP contribution in [0.2, 0.25) is 0 Å². The zero-order valence-electron chi connectivity index (χ0n) is 15.5. The maximum atomic E-state index is 12.9. The molecule has 1 aliphatic heterocycles. The Labute approximate surface area is 177 Å². The lowest BCUT2D eigenvalue weighted by Crippen LogP contribution is -2.25. The highest BCUT2D eigenvalue weighted by Crippen LogP contribution is 2.31. The van der Waals surface area contributed by atoms with E-state index in [2.05, 4.69) is 62.2 Å². The number of fused-ring (bicyclic) bond motifs is 2. The molecule has 0 bridgehead atoms. The molecule has 0 fully saturated rings. The largest absolute Gasteiger partial charge is 0.321 e. The Morgan fingerprint density at radius 1 is 0.828 bits per heavy atom. The second-order valence-corrected chi connectivity index (χ2v) is 7.94. The predicted octanol–water partition coefficient (Wildman–Crippen LogP) is 6.21. The van der Waals surface area contributed by atoms with Gasteiger partial charge in [0, 0.05) is 21.3 Å². The van der Waals surface area contributed by atoms with Crippen LogP contribution in [0.1, 0.15) is 21.5 Å². The number of carbonyl (C=O) groups excluding carboxylic acids is 1. The fraction of sp³-hybridized carbons (Fsp3) is 0.0400. The van der Waals surface area contributed by atoms with Gasteiger partial charge >= 0.3 is 0 Å². The van der Waals surface area contributed by atoms with Crippen molar-refractivity contribution in [2.24, 2.45) is 4.99 Å². The molecule has 4 heteroatoms. The molecule has 3 nitrogen and oxygen atoms in total. The standard InChI is InChI=1S/C25H17BrN2O/c26-21-12-9-18(10-13-21)25(29)27-24-23-8-4-3-7-20(23)16-28(24)22-14-11-17-5-1-2-6-19(17)15-22/h1-15H,16H2. The average Bonchev–Trinajstić information content (AvgIpc) is 3.12. The molecule has 0 spiro atoms. The van der Waals surface area contributed by atoms with E-state index in [1.165, 1.54) is 16.3 Å². The molecular formula is C25H17BrN2O. The van der Waals surface area contributed by atoms with Crippen LogP contribution in [0.5, 0.6) is 0 Å². The third-order valence-corrected chi connectivity index (χ3v) is 5.71. The first-order chi connectivity index (χ1) is 14.2. The van der Waals surface area contributed by atoms with Crippen LogP contribution in [-0.2, 0) is 6.54 Å². The van der Waals surface area contributed by atoms with Crippen molar-refractivity contribution >= 4 is 44.1 Å². The molecule has 0 aromatic heterocycles. The molecule has 0 atom stereocenters. The molecule has 0 N–H and O–H groups in total. The second kappa shape index (κ2) is 7.30. The highest BCUT2D eigenvalue weighted by Gasteiger charge is 2.27. The normalized spacial score (nSPS) is 14.4. The van der Waals surface area contributed by atoms with Crippen molar-refractivity contribution in [2.45, 2.75) is 6.54 Å². The number of amidine groups is 1. The van der Waals surface area contributed by atoms with Crippen molar-refractivity contribution in [1.29, 1.82) is 0 Å². The lowest BCUT2D eigenvalue weighted by Gasteiger charge is -2.20. The molecule has 0 radical (unpaired) electrons. The Morgan fingerprint density at radius 2 is 1.55 bits per heavy atom. The summed E-state index contributed by atoms with van der Waals surface area (Å²) in [5, 5.41) is 2.36. The first kappa shape index (κ1) is 17.8. The van der Waals surface area contributed by atoms with E-state index in [4.69, 9.17) is 0 Å². The van der Waals surface area contributed by atoms with Crippen LogP contribution in [0.25, 0.3) is 10.8 Å². The van der Waals surface area contributed by atoms with E-state index in [-0.39, 0.29) is 5.91 Å². The number of hydrogen-bond acceptors (Lipinski definition) is 1. The summed E-state index contributed by atoms with van der Waals surface area (Å²) in [5.74, 6) is 0.457. The minimum Gasteiger partial charge on any atom is -0.321 e. The average molecular weight is 441 g/mol. The number of carbonyl (C=O) groups is 1. The number of anilines is 1. The smallest absolute Gasteiger partial charge is 0.278 e. The summed E-state index contributed by atoms with van der Waals surface area (Å²) in [7, 11) is 0. The van der Waals surface area contributed by atoms with Gasteiger partial charge in [-0.2, -0.15) is 4.99 Å². The molecule has 5 rings (SSSR count). The van der Waals surface area contributed by atoms with Crippen LogP contribution in [0.3, 0.4) is 0 Å². The lowest BCUT2D eigenvalue weighted by atomic mass is 10.1. The van der Waals surface area contributed by atoms with E-state index in [1.807, 2.05) is 42.5 Å². The number of aliphatic imine (C=N–C) groups is 1. The van der Waals surface area contributed by atoms with Crippen molar-refractivity contribution in [3.05, 3.63) is 112 Å². The lowest BCUT2D eigenvalue weighted by molar-refractivity contribution is 0.100. The maximum absolute atomic E-state index is 12.9. The zero-order valence-corrected chi connectivity index (χ0v) is 17.1. The minimum atomic E-state index is -0.241. The number of rotatable bonds is 2. The van der Waals surface area contributed by atoms with Crippen molar-refractivity contribution < 1.29 is 4.79 Å². The fourth-order valence-electron chi connectivity index (χ4n) is 3.70. The highest BCUT2D eigenvalue weighted by molar-refractivity contribution is 9.10. The summed E-state index contributed by atoms with van der Waals surface area (Å²) in [6, 6.07) is 30.1. The first-order valence-electron chi connectivity index (χ1n) is 9.42. The number of benzene rings is 4. The van der Waals surface area contributed by atoms with Crippen LogP contribution >= 0.6 is 15.9 Å². The predicted molar refractivity (Wildman–Crippen MR) is 122 cm³/mol. The van der Waals surface area contributed by atoms with Crippen LogP contribution in [0.15, 0.2) is 100 Å². The maximum Gasteiger partial charge on any atom is 0.278 e. The highest BCUT2D eigenvalue weighted by atomic mass is 79.9. The first-order valence-corrected chi connectivity index (χ1v) is 10.2. The van der Waals surface area contributed by atoms with Crippen molar-refractivity contribution in [3.63, 3.8) is 0 Å². The summed E-state index contributed by atoms with van der Waals surface area (Å²) >= 11 is 3.41. The van der Waals surface area contributed by atoms with Gasteiger partial charge in [0.15, 0.2) is 0 Å². The third kappa shape index (κ3) is 3.36. The van der Waals surface area contributed by atoms with Gasteiger partial charge in [-0.3, -0.25) is 4.79 Å². The van der Waals surface area contributed by atoms with Gasteiger partial charge in [0.1, 0.15) is 5.84 Å². The molecule has 140 valence electrons. The van der Waals surface area contributed by atoms with Gasteiger partial charge < -0.3 is 4.90 Å². The molecule has 4 aromatic rings. The number of hydrogen-bond donors (Lipinski definition) is 0. The van der Waals surface area contributed by atoms with E-state index in [0.29, 0.717) is 17.9 Å². The number of amides is 1. The number of halogens is 1. The third-order valence-electron chi connectivity index (χ3n) is 5.19. The van der Waals surface area contributed by atoms with Crippen LogP contribution in [0.4, 0.5) is 5.69 Å². The molecule has 1 amide bonds. The van der Waals surface area contributed by atoms with Gasteiger partial charge in [0.25, 0.3) is 5.91 Å². The Hall–Kier alpha value is -3.24. The summed E-state index contributed by atoms with van der Waals surface area (Å²) < 4.78 is 0.936. The van der Waals surface area contributed by atoms with Crippen molar-refractivity contribution in [3.8, 4) is 0 Å². The summed E-state index contributed by atoms with van der Waals surface area (Å²) in [4.78, 5) is 19.5. The van der Waals surface area contributed by atoms with Crippen LogP contribution in [0, 0.1) is 0 Å². The van der Waals surface area contributed by atoms with E-state index >= 15 is 0 Å². The molecule has 0 saturated heterocycles. The van der Waals surface area contributed by atoms with Crippen molar-refractivity contribution in [1.82, 2.24) is 0 Å². The van der Waals surface area contributed by atoms with Gasteiger partial charge in [0.05, 0.1) is 6.54 Å². The molecule has 1 aliphatic rings. The van der Waals surface area contributed by atoms with Crippen molar-refractivity contribution in [2.75, 3.05) is 4.90 Å². The topological polar surface area (TPSA) is 32.7 Å². The zero-order chi connectivity index (χ0) is 19.8. The van der Waals surface area contributed by atoms with Gasteiger partial charge in [0.2, 0.25) is 0 Å². The number of nitrogens with zero attached hydrogens (tertiary/aromatic N) is 2. The second-order valence-electron chi connectivity index (χ2n) is 7.02. The van der Waals surface area contributed by atoms with E-state index in [1.54, 1.807) is 12.1 Å². The van der Waals surface area contributed by atoms with Gasteiger partial charge in [-0.15, -0.1) is 0 Å². The molecule has 29 heavy (non-hydrogen) atoms. The Kier molecular flexibility index (Phi) is 4.49. The molecule has 0 saturated carbocycles. The summed E-state index contributed by atoms with van der Waals surface area (Å²) in [6.45, 7) is 0.695. The Balaban J connectivity index is 1.60. The fourth-order valence-corrected chi connectivity index (χ4v) is 3.96. The molecular weight excluding hydrogens is 424 g/mol. The quantitative estimate of drug-likeness (QED) is 0.371. The van der Waals surface area contributed by atoms with Gasteiger partial charge in [-0.1, -0.05) is 70.5 Å². The van der Waals surface area contributed by atoms with Gasteiger partial charge in [-0.05, 0) is 52.7 Å². The summed E-state index contributed by atoms with van der Waals surface area (Å²) in [5.41, 5.74) is 3.78. The molecule has 0 aliphatic carbocycles. The monoisotopic (exact) mass is 440 g/mol. The van der Waals surface area contributed by atoms with Crippen LogP contribution < -0.4 is 4.90 Å². The van der Waals surface area contributed by atoms with Gasteiger partial charge in [-0.25, -0.2) is 0 Å². The molecule has 0 unspecified atom stereocenters. The molecule has 4 aromatic carbocycles. The van der Waals surface area contributed by atoms with E-state index in [9.17, 15) is 4.79 Å². The molecule has 1 heterocycles. The summed E-state index contributed by atoms with van der Waals surface area (Å²) in [6.07, 6.45) is 0. The SMILES string of the molecule is O=C(N=C1c2ccccc2CN1c1ccc2ccccc2c1)c1ccc(Br)cc1. The van der Waals surface area contributed by atoms with E-state index in [0.717, 1.165) is 15.7 Å². The minimum absolute atomic E-state index is 0.241. The van der Waals surface area contributed by atoms with Crippen LogP contribution in [-0.4, -0.2) is 11.7 Å². The Morgan fingerprint density at radius 3 is 2.38 bits per heavy atom.